The van der Waals surface area contributed by atoms with Crippen molar-refractivity contribution in [1.82, 2.24) is 14.5 Å². The fourth-order valence-electron chi connectivity index (χ4n) is 3.06. The van der Waals surface area contributed by atoms with E-state index >= 15 is 0 Å². The van der Waals surface area contributed by atoms with Crippen molar-refractivity contribution in [2.24, 2.45) is 0 Å². The monoisotopic (exact) mass is 289 g/mol. The first kappa shape index (κ1) is 15.2. The molecule has 2 fully saturated rings. The molecule has 112 valence electrons. The number of hydrogen-bond acceptors (Lipinski definition) is 4. The molecule has 0 bridgehead atoms. The molecular formula is C13H27N3O2S. The lowest BCUT2D eigenvalue weighted by Gasteiger charge is -2.25. The summed E-state index contributed by atoms with van der Waals surface area (Å²) in [6.07, 6.45) is 4.38. The molecule has 5 nitrogen and oxygen atoms in total. The highest BCUT2D eigenvalue weighted by atomic mass is 32.2. The van der Waals surface area contributed by atoms with E-state index < -0.39 is 10.0 Å². The number of hydrogen-bond donors (Lipinski definition) is 1. The minimum Gasteiger partial charge on any atom is -0.316 e. The summed E-state index contributed by atoms with van der Waals surface area (Å²) >= 11 is 0. The van der Waals surface area contributed by atoms with Crippen molar-refractivity contribution in [3.8, 4) is 0 Å². The van der Waals surface area contributed by atoms with Crippen LogP contribution in [-0.4, -0.2) is 68.7 Å². The maximum absolute atomic E-state index is 12.4. The van der Waals surface area contributed by atoms with Crippen LogP contribution in [0.5, 0.6) is 0 Å². The zero-order chi connectivity index (χ0) is 13.7. The normalized spacial score (nSPS) is 26.3. The average molecular weight is 289 g/mol. The van der Waals surface area contributed by atoms with Gasteiger partial charge in [0.1, 0.15) is 0 Å². The Balaban J connectivity index is 1.88. The van der Waals surface area contributed by atoms with Gasteiger partial charge in [-0.1, -0.05) is 6.92 Å². The molecule has 0 aromatic heterocycles. The quantitative estimate of drug-likeness (QED) is 0.723. The third-order valence-electron chi connectivity index (χ3n) is 4.12. The topological polar surface area (TPSA) is 52.7 Å². The van der Waals surface area contributed by atoms with Gasteiger partial charge in [0.2, 0.25) is 10.0 Å². The van der Waals surface area contributed by atoms with E-state index in [-0.39, 0.29) is 5.75 Å². The fourth-order valence-corrected chi connectivity index (χ4v) is 4.52. The Hall–Kier alpha value is -0.170. The summed E-state index contributed by atoms with van der Waals surface area (Å²) in [5, 5.41) is 3.18. The van der Waals surface area contributed by atoms with E-state index in [9.17, 15) is 8.42 Å². The number of rotatable bonds is 6. The summed E-state index contributed by atoms with van der Waals surface area (Å²) in [4.78, 5) is 2.46. The van der Waals surface area contributed by atoms with Crippen molar-refractivity contribution in [3.05, 3.63) is 0 Å². The maximum atomic E-state index is 12.4. The van der Waals surface area contributed by atoms with Gasteiger partial charge in [-0.3, -0.25) is 4.90 Å². The minimum atomic E-state index is -3.08. The van der Waals surface area contributed by atoms with Gasteiger partial charge in [-0.05, 0) is 45.3 Å². The molecule has 0 aromatic rings. The zero-order valence-corrected chi connectivity index (χ0v) is 12.8. The highest BCUT2D eigenvalue weighted by Crippen LogP contribution is 2.22. The summed E-state index contributed by atoms with van der Waals surface area (Å²) in [5.41, 5.74) is 0. The highest BCUT2D eigenvalue weighted by Gasteiger charge is 2.33. The van der Waals surface area contributed by atoms with Crippen LogP contribution in [0, 0.1) is 0 Å². The van der Waals surface area contributed by atoms with Gasteiger partial charge >= 0.3 is 0 Å². The van der Waals surface area contributed by atoms with Crippen molar-refractivity contribution < 1.29 is 8.42 Å². The molecule has 2 heterocycles. The Morgan fingerprint density at radius 1 is 1.16 bits per heavy atom. The van der Waals surface area contributed by atoms with Crippen molar-refractivity contribution >= 4 is 10.0 Å². The Kier molecular flexibility index (Phi) is 5.62. The summed E-state index contributed by atoms with van der Waals surface area (Å²) in [6, 6.07) is 0.459. The molecule has 6 heteroatoms. The molecule has 2 aliphatic rings. The Labute approximate surface area is 117 Å². The number of nitrogens with one attached hydrogen (secondary N) is 1. The average Bonchev–Trinajstić information content (AvgIpc) is 2.71. The summed E-state index contributed by atoms with van der Waals surface area (Å²) in [7, 11) is -3.08. The standard InChI is InChI=1S/C13H27N3O2S/c1-2-6-14-7-11-19(17,18)16-10-4-9-15-8-3-5-13(15)12-16/h13-14H,2-12H2,1H3. The highest BCUT2D eigenvalue weighted by molar-refractivity contribution is 7.89. The largest absolute Gasteiger partial charge is 0.316 e. The van der Waals surface area contributed by atoms with Crippen LogP contribution in [0.15, 0.2) is 0 Å². The zero-order valence-electron chi connectivity index (χ0n) is 12.0. The van der Waals surface area contributed by atoms with Crippen LogP contribution < -0.4 is 5.32 Å². The lowest BCUT2D eigenvalue weighted by molar-refractivity contribution is 0.257. The van der Waals surface area contributed by atoms with E-state index in [1.807, 2.05) is 0 Å². The fraction of sp³-hybridized carbons (Fsp3) is 1.00. The Morgan fingerprint density at radius 3 is 2.74 bits per heavy atom. The van der Waals surface area contributed by atoms with Crippen LogP contribution in [0.4, 0.5) is 0 Å². The van der Waals surface area contributed by atoms with E-state index in [0.717, 1.165) is 38.9 Å². The summed E-state index contributed by atoms with van der Waals surface area (Å²) in [5.74, 6) is 0.236. The first-order valence-electron chi connectivity index (χ1n) is 7.56. The lowest BCUT2D eigenvalue weighted by atomic mass is 10.2. The molecule has 1 N–H and O–H groups in total. The molecule has 0 spiro atoms. The van der Waals surface area contributed by atoms with Gasteiger partial charge < -0.3 is 5.32 Å². The van der Waals surface area contributed by atoms with Crippen molar-refractivity contribution in [3.63, 3.8) is 0 Å². The number of fused-ring (bicyclic) bond motifs is 1. The predicted molar refractivity (Wildman–Crippen MR) is 77.7 cm³/mol. The first-order chi connectivity index (χ1) is 9.13. The van der Waals surface area contributed by atoms with Gasteiger partial charge in [0.25, 0.3) is 0 Å². The van der Waals surface area contributed by atoms with Gasteiger partial charge in [0.15, 0.2) is 0 Å². The smallest absolute Gasteiger partial charge is 0.215 e. The Morgan fingerprint density at radius 2 is 1.95 bits per heavy atom. The van der Waals surface area contributed by atoms with Crippen LogP contribution in [0.1, 0.15) is 32.6 Å². The van der Waals surface area contributed by atoms with Gasteiger partial charge in [-0.2, -0.15) is 0 Å². The lowest BCUT2D eigenvalue weighted by Crippen LogP contribution is -2.42. The van der Waals surface area contributed by atoms with Gasteiger partial charge in [-0.15, -0.1) is 0 Å². The molecule has 0 amide bonds. The van der Waals surface area contributed by atoms with Crippen LogP contribution in [0.3, 0.4) is 0 Å². The minimum absolute atomic E-state index is 0.236. The molecule has 0 aliphatic carbocycles. The molecule has 1 atom stereocenters. The van der Waals surface area contributed by atoms with Crippen LogP contribution in [0.2, 0.25) is 0 Å². The second-order valence-corrected chi connectivity index (χ2v) is 7.70. The van der Waals surface area contributed by atoms with Gasteiger partial charge in [0.05, 0.1) is 5.75 Å². The molecule has 1 unspecified atom stereocenters. The molecular weight excluding hydrogens is 262 g/mol. The number of sulfonamides is 1. The van der Waals surface area contributed by atoms with Crippen LogP contribution in [-0.2, 0) is 10.0 Å². The molecule has 2 aliphatic heterocycles. The van der Waals surface area contributed by atoms with Crippen molar-refractivity contribution in [1.29, 1.82) is 0 Å². The molecule has 2 saturated heterocycles. The Bertz CT molecular complexity index is 372. The summed E-state index contributed by atoms with van der Waals surface area (Å²) in [6.45, 7) is 7.17. The van der Waals surface area contributed by atoms with Crippen molar-refractivity contribution in [2.75, 3.05) is 45.0 Å². The van der Waals surface area contributed by atoms with Gasteiger partial charge in [0, 0.05) is 25.7 Å². The molecule has 19 heavy (non-hydrogen) atoms. The maximum Gasteiger partial charge on any atom is 0.215 e. The third kappa shape index (κ3) is 4.15. The van der Waals surface area contributed by atoms with Crippen LogP contribution in [0.25, 0.3) is 0 Å². The second-order valence-electron chi connectivity index (χ2n) is 5.61. The molecule has 0 saturated carbocycles. The van der Waals surface area contributed by atoms with Gasteiger partial charge in [-0.25, -0.2) is 12.7 Å². The molecule has 0 aromatic carbocycles. The number of nitrogens with zero attached hydrogens (tertiary/aromatic N) is 2. The van der Waals surface area contributed by atoms with Crippen LogP contribution >= 0.6 is 0 Å². The van der Waals surface area contributed by atoms with E-state index in [1.165, 1.54) is 6.42 Å². The third-order valence-corrected chi connectivity index (χ3v) is 5.96. The van der Waals surface area contributed by atoms with E-state index in [0.29, 0.717) is 25.7 Å². The predicted octanol–water partition coefficient (Wildman–Crippen LogP) is 0.486. The summed E-state index contributed by atoms with van der Waals surface area (Å²) < 4.78 is 26.4. The SMILES string of the molecule is CCCNCCS(=O)(=O)N1CCCN2CCCC2C1. The van der Waals surface area contributed by atoms with E-state index in [2.05, 4.69) is 17.1 Å². The molecule has 2 rings (SSSR count). The van der Waals surface area contributed by atoms with Crippen molar-refractivity contribution in [2.45, 2.75) is 38.6 Å². The van der Waals surface area contributed by atoms with E-state index in [1.54, 1.807) is 4.31 Å². The first-order valence-corrected chi connectivity index (χ1v) is 9.17. The second kappa shape index (κ2) is 7.02. The molecule has 0 radical (unpaired) electrons. The van der Waals surface area contributed by atoms with E-state index in [4.69, 9.17) is 0 Å².